The summed E-state index contributed by atoms with van der Waals surface area (Å²) in [6.45, 7) is 5.98. The van der Waals surface area contributed by atoms with Crippen molar-refractivity contribution < 1.29 is 9.90 Å². The molecule has 1 aromatic heterocycles. The number of carboxylic acids is 1. The summed E-state index contributed by atoms with van der Waals surface area (Å²) in [6, 6.07) is 22.2. The number of H-pyrrole nitrogens is 1. The van der Waals surface area contributed by atoms with Crippen molar-refractivity contribution in [1.29, 1.82) is 0 Å². The van der Waals surface area contributed by atoms with Gasteiger partial charge >= 0.3 is 5.97 Å². The average Bonchev–Trinajstić information content (AvgIpc) is 3.36. The van der Waals surface area contributed by atoms with Crippen LogP contribution in [0.1, 0.15) is 72.9 Å². The summed E-state index contributed by atoms with van der Waals surface area (Å²) >= 11 is 0. The molecule has 0 amide bonds. The molecule has 1 atom stereocenters. The summed E-state index contributed by atoms with van der Waals surface area (Å²) in [7, 11) is 0. The van der Waals surface area contributed by atoms with Gasteiger partial charge in [0.25, 0.3) is 0 Å². The molecular weight excluding hydrogens is 446 g/mol. The van der Waals surface area contributed by atoms with Gasteiger partial charge in [0.15, 0.2) is 0 Å². The van der Waals surface area contributed by atoms with Crippen LogP contribution < -0.4 is 0 Å². The van der Waals surface area contributed by atoms with E-state index in [1.165, 1.54) is 30.4 Å². The predicted molar refractivity (Wildman–Crippen MR) is 146 cm³/mol. The molecule has 1 unspecified atom stereocenters. The molecule has 2 N–H and O–H groups in total. The van der Waals surface area contributed by atoms with Crippen LogP contribution in [0.2, 0.25) is 0 Å². The van der Waals surface area contributed by atoms with E-state index in [0.717, 1.165) is 53.1 Å². The zero-order valence-electron chi connectivity index (χ0n) is 21.0. The molecule has 5 rings (SSSR count). The van der Waals surface area contributed by atoms with Crippen molar-refractivity contribution in [2.24, 2.45) is 0 Å². The van der Waals surface area contributed by atoms with E-state index in [1.807, 2.05) is 12.1 Å². The van der Waals surface area contributed by atoms with E-state index in [4.69, 9.17) is 4.98 Å². The molecule has 4 aromatic rings. The highest BCUT2D eigenvalue weighted by atomic mass is 16.4. The molecule has 0 spiro atoms. The summed E-state index contributed by atoms with van der Waals surface area (Å²) in [4.78, 5) is 22.4. The summed E-state index contributed by atoms with van der Waals surface area (Å²) in [5.41, 5.74) is 8.31. The monoisotopic (exact) mass is 479 g/mol. The third kappa shape index (κ3) is 4.71. The maximum Gasteiger partial charge on any atom is 0.335 e. The van der Waals surface area contributed by atoms with Crippen LogP contribution in [-0.2, 0) is 0 Å². The van der Waals surface area contributed by atoms with E-state index in [0.29, 0.717) is 0 Å². The first-order chi connectivity index (χ1) is 17.6. The molecule has 5 heteroatoms. The quantitative estimate of drug-likeness (QED) is 0.278. The largest absolute Gasteiger partial charge is 0.478 e. The topological polar surface area (TPSA) is 69.2 Å². The first-order valence-electron chi connectivity index (χ1n) is 12.9. The van der Waals surface area contributed by atoms with Gasteiger partial charge in [0.05, 0.1) is 22.6 Å². The van der Waals surface area contributed by atoms with Crippen LogP contribution in [0.3, 0.4) is 0 Å². The Morgan fingerprint density at radius 1 is 0.972 bits per heavy atom. The molecule has 1 heterocycles. The molecule has 0 saturated carbocycles. The number of nitrogens with zero attached hydrogens (tertiary/aromatic N) is 2. The number of aromatic nitrogens is 2. The second-order valence-corrected chi connectivity index (χ2v) is 9.43. The number of aromatic amines is 1. The maximum absolute atomic E-state index is 11.4. The van der Waals surface area contributed by atoms with Gasteiger partial charge in [-0.2, -0.15) is 0 Å². The Morgan fingerprint density at radius 3 is 2.33 bits per heavy atom. The van der Waals surface area contributed by atoms with Crippen LogP contribution in [0, 0.1) is 0 Å². The van der Waals surface area contributed by atoms with Crippen molar-refractivity contribution >= 4 is 22.6 Å². The Balaban J connectivity index is 1.54. The minimum atomic E-state index is -0.917. The zero-order chi connectivity index (χ0) is 25.1. The lowest BCUT2D eigenvalue weighted by atomic mass is 9.92. The predicted octanol–water partition coefficient (Wildman–Crippen LogP) is 7.32. The van der Waals surface area contributed by atoms with E-state index in [1.54, 1.807) is 12.1 Å². The number of hydrogen-bond acceptors (Lipinski definition) is 3. The summed E-state index contributed by atoms with van der Waals surface area (Å²) in [5, 5.41) is 9.33. The Hall–Kier alpha value is -3.70. The minimum Gasteiger partial charge on any atom is -0.478 e. The molecule has 184 valence electrons. The highest BCUT2D eigenvalue weighted by Gasteiger charge is 2.24. The van der Waals surface area contributed by atoms with Gasteiger partial charge in [-0.25, -0.2) is 9.78 Å². The van der Waals surface area contributed by atoms with Gasteiger partial charge in [-0.15, -0.1) is 0 Å². The van der Waals surface area contributed by atoms with Gasteiger partial charge in [-0.3, -0.25) is 4.90 Å². The van der Waals surface area contributed by atoms with Crippen LogP contribution in [0.4, 0.5) is 0 Å². The first-order valence-corrected chi connectivity index (χ1v) is 12.9. The highest BCUT2D eigenvalue weighted by Crippen LogP contribution is 2.34. The smallest absolute Gasteiger partial charge is 0.335 e. The van der Waals surface area contributed by atoms with Gasteiger partial charge in [0.1, 0.15) is 5.82 Å². The van der Waals surface area contributed by atoms with Crippen molar-refractivity contribution in [1.82, 2.24) is 14.9 Å². The SMILES string of the molecule is CCN(CC)C(c1ccc(C(=O)O)cc1)c1nc2c(-c3ccc(C4=CCCCC4)cc3)cccc2[nH]1. The number of aromatic carboxylic acids is 1. The number of imidazole rings is 1. The van der Waals surface area contributed by atoms with Crippen molar-refractivity contribution in [3.63, 3.8) is 0 Å². The van der Waals surface area contributed by atoms with Gasteiger partial charge < -0.3 is 10.1 Å². The number of allylic oxidation sites excluding steroid dienone is 2. The number of carbonyl (C=O) groups is 1. The number of benzene rings is 3. The molecule has 0 radical (unpaired) electrons. The zero-order valence-corrected chi connectivity index (χ0v) is 21.0. The molecule has 3 aromatic carbocycles. The van der Waals surface area contributed by atoms with E-state index < -0.39 is 5.97 Å². The fraction of sp³-hybridized carbons (Fsp3) is 0.290. The molecule has 0 saturated heterocycles. The van der Waals surface area contributed by atoms with Gasteiger partial charge in [0, 0.05) is 5.56 Å². The number of hydrogen-bond donors (Lipinski definition) is 2. The van der Waals surface area contributed by atoms with Crippen molar-refractivity contribution in [3.8, 4) is 11.1 Å². The van der Waals surface area contributed by atoms with Crippen LogP contribution in [0.25, 0.3) is 27.7 Å². The average molecular weight is 480 g/mol. The number of fused-ring (bicyclic) bond motifs is 1. The molecule has 5 nitrogen and oxygen atoms in total. The normalized spacial score (nSPS) is 14.7. The van der Waals surface area contributed by atoms with Gasteiger partial charge in [-0.05, 0) is 79.2 Å². The maximum atomic E-state index is 11.4. The summed E-state index contributed by atoms with van der Waals surface area (Å²) in [5.74, 6) is -0.0479. The molecule has 36 heavy (non-hydrogen) atoms. The third-order valence-electron chi connectivity index (χ3n) is 7.30. The lowest BCUT2D eigenvalue weighted by molar-refractivity contribution is 0.0697. The van der Waals surface area contributed by atoms with E-state index in [-0.39, 0.29) is 11.6 Å². The van der Waals surface area contributed by atoms with Crippen molar-refractivity contribution in [2.45, 2.75) is 45.6 Å². The van der Waals surface area contributed by atoms with E-state index >= 15 is 0 Å². The molecule has 1 aliphatic carbocycles. The number of rotatable bonds is 8. The molecule has 0 fully saturated rings. The van der Waals surface area contributed by atoms with Crippen LogP contribution >= 0.6 is 0 Å². The van der Waals surface area contributed by atoms with Crippen LogP contribution in [-0.4, -0.2) is 39.0 Å². The molecular formula is C31H33N3O2. The van der Waals surface area contributed by atoms with E-state index in [9.17, 15) is 9.90 Å². The second kappa shape index (κ2) is 10.5. The van der Waals surface area contributed by atoms with Crippen LogP contribution in [0.5, 0.6) is 0 Å². The molecule has 1 aliphatic rings. The number of carboxylic acid groups (broad SMARTS) is 1. The number of nitrogens with one attached hydrogen (secondary N) is 1. The summed E-state index contributed by atoms with van der Waals surface area (Å²) in [6.07, 6.45) is 7.30. The standard InChI is InChI=1S/C31H33N3O2/c1-3-34(4-2)29(24-17-19-25(20-18-24)31(35)36)30-32-27-12-8-11-26(28(27)33-30)23-15-13-22(14-16-23)21-9-6-5-7-10-21/h8-9,11-20,29H,3-7,10H2,1-2H3,(H,32,33)(H,35,36). The van der Waals surface area contributed by atoms with Crippen molar-refractivity contribution in [2.75, 3.05) is 13.1 Å². The summed E-state index contributed by atoms with van der Waals surface area (Å²) < 4.78 is 0. The molecule has 0 bridgehead atoms. The van der Waals surface area contributed by atoms with Gasteiger partial charge in [-0.1, -0.05) is 68.5 Å². The lowest BCUT2D eigenvalue weighted by Crippen LogP contribution is -2.30. The van der Waals surface area contributed by atoms with E-state index in [2.05, 4.69) is 72.3 Å². The Bertz CT molecular complexity index is 1380. The first kappa shape index (κ1) is 24.0. The lowest BCUT2D eigenvalue weighted by Gasteiger charge is -2.28. The Kier molecular flexibility index (Phi) is 7.01. The fourth-order valence-corrected chi connectivity index (χ4v) is 5.32. The highest BCUT2D eigenvalue weighted by molar-refractivity contribution is 5.92. The number of para-hydroxylation sites is 1. The Morgan fingerprint density at radius 2 is 1.69 bits per heavy atom. The Labute approximate surface area is 212 Å². The molecule has 0 aliphatic heterocycles. The minimum absolute atomic E-state index is 0.0938. The fourth-order valence-electron chi connectivity index (χ4n) is 5.32. The third-order valence-corrected chi connectivity index (χ3v) is 7.30. The second-order valence-electron chi connectivity index (χ2n) is 9.43. The van der Waals surface area contributed by atoms with Gasteiger partial charge in [0.2, 0.25) is 0 Å². The van der Waals surface area contributed by atoms with Crippen molar-refractivity contribution in [3.05, 3.63) is 95.3 Å². The van der Waals surface area contributed by atoms with Crippen LogP contribution in [0.15, 0.2) is 72.8 Å².